The molecule has 0 radical (unpaired) electrons. The predicted molar refractivity (Wildman–Crippen MR) is 96.8 cm³/mol. The highest BCUT2D eigenvalue weighted by Crippen LogP contribution is 2.36. The van der Waals surface area contributed by atoms with Crippen LogP contribution in [0.1, 0.15) is 13.8 Å². The Balaban J connectivity index is 0.000000527. The number of ether oxygens (including phenoxy) is 4. The Hall–Kier alpha value is -2.52. The van der Waals surface area contributed by atoms with Gasteiger partial charge in [0.15, 0.2) is 11.5 Å². The van der Waals surface area contributed by atoms with Crippen molar-refractivity contribution in [3.8, 4) is 17.2 Å². The molecule has 1 aliphatic rings. The van der Waals surface area contributed by atoms with E-state index in [-0.39, 0.29) is 12.2 Å². The number of para-hydroxylation sites is 1. The molecular weight excluding hydrogens is 358 g/mol. The van der Waals surface area contributed by atoms with E-state index in [0.717, 1.165) is 19.6 Å². The second-order valence-electron chi connectivity index (χ2n) is 5.97. The summed E-state index contributed by atoms with van der Waals surface area (Å²) in [5, 5.41) is 14.8. The summed E-state index contributed by atoms with van der Waals surface area (Å²) in [5.41, 5.74) is 0. The number of carboxylic acids is 2. The molecule has 2 rings (SSSR count). The highest BCUT2D eigenvalue weighted by molar-refractivity contribution is 6.27. The zero-order valence-corrected chi connectivity index (χ0v) is 16.0. The molecule has 0 amide bonds. The summed E-state index contributed by atoms with van der Waals surface area (Å²) in [7, 11) is 3.26. The van der Waals surface area contributed by atoms with Crippen molar-refractivity contribution in [2.24, 2.45) is 0 Å². The predicted octanol–water partition coefficient (Wildman–Crippen LogP) is 1.35. The summed E-state index contributed by atoms with van der Waals surface area (Å²) in [5.74, 6) is -1.60. The van der Waals surface area contributed by atoms with Crippen molar-refractivity contribution in [1.29, 1.82) is 0 Å². The van der Waals surface area contributed by atoms with E-state index in [1.54, 1.807) is 14.2 Å². The summed E-state index contributed by atoms with van der Waals surface area (Å²) < 4.78 is 22.3. The molecular formula is C18H27NO8. The fraction of sp³-hybridized carbons (Fsp3) is 0.556. The van der Waals surface area contributed by atoms with Gasteiger partial charge in [-0.25, -0.2) is 9.59 Å². The number of carbonyl (C=O) groups is 2. The highest BCUT2D eigenvalue weighted by atomic mass is 16.5. The number of aliphatic carboxylic acids is 2. The van der Waals surface area contributed by atoms with Gasteiger partial charge in [-0.3, -0.25) is 4.90 Å². The zero-order valence-electron chi connectivity index (χ0n) is 16.0. The quantitative estimate of drug-likeness (QED) is 0.700. The fourth-order valence-corrected chi connectivity index (χ4v) is 2.70. The number of nitrogens with zero attached hydrogens (tertiary/aromatic N) is 1. The van der Waals surface area contributed by atoms with Crippen LogP contribution in [0.25, 0.3) is 0 Å². The molecule has 1 aliphatic heterocycles. The summed E-state index contributed by atoms with van der Waals surface area (Å²) >= 11 is 0. The number of rotatable bonds is 6. The lowest BCUT2D eigenvalue weighted by atomic mass is 10.2. The molecule has 2 atom stereocenters. The monoisotopic (exact) mass is 385 g/mol. The lowest BCUT2D eigenvalue weighted by Gasteiger charge is -2.35. The van der Waals surface area contributed by atoms with E-state index in [2.05, 4.69) is 18.7 Å². The molecule has 152 valence electrons. The van der Waals surface area contributed by atoms with E-state index in [4.69, 9.17) is 38.7 Å². The van der Waals surface area contributed by atoms with Crippen LogP contribution in [-0.2, 0) is 14.3 Å². The minimum atomic E-state index is -1.82. The molecule has 0 aromatic heterocycles. The average Bonchev–Trinajstić information content (AvgIpc) is 2.61. The molecule has 0 bridgehead atoms. The number of hydrogen-bond donors (Lipinski definition) is 2. The Morgan fingerprint density at radius 3 is 1.96 bits per heavy atom. The molecule has 1 heterocycles. The van der Waals surface area contributed by atoms with Crippen molar-refractivity contribution in [3.63, 3.8) is 0 Å². The normalized spacial score (nSPS) is 19.4. The van der Waals surface area contributed by atoms with Crippen LogP contribution < -0.4 is 14.2 Å². The molecule has 1 aromatic rings. The van der Waals surface area contributed by atoms with E-state index >= 15 is 0 Å². The van der Waals surface area contributed by atoms with Gasteiger partial charge in [0.25, 0.3) is 0 Å². The first-order valence-electron chi connectivity index (χ1n) is 8.46. The summed E-state index contributed by atoms with van der Waals surface area (Å²) in [6.45, 7) is 7.54. The second kappa shape index (κ2) is 11.2. The van der Waals surface area contributed by atoms with Crippen molar-refractivity contribution in [2.75, 3.05) is 40.5 Å². The summed E-state index contributed by atoms with van der Waals surface area (Å²) in [4.78, 5) is 20.6. The van der Waals surface area contributed by atoms with Crippen LogP contribution in [0.5, 0.6) is 17.2 Å². The Kier molecular flexibility index (Phi) is 9.38. The SMILES string of the molecule is COc1cccc(OC)c1OCCN1CC(C)OC(C)C1.O=C(O)C(=O)O. The van der Waals surface area contributed by atoms with Crippen molar-refractivity contribution in [2.45, 2.75) is 26.1 Å². The molecule has 0 spiro atoms. The largest absolute Gasteiger partial charge is 0.493 e. The van der Waals surface area contributed by atoms with E-state index in [9.17, 15) is 0 Å². The Labute approximate surface area is 158 Å². The molecule has 2 N–H and O–H groups in total. The van der Waals surface area contributed by atoms with Crippen LogP contribution in [0.15, 0.2) is 18.2 Å². The van der Waals surface area contributed by atoms with Gasteiger partial charge >= 0.3 is 11.9 Å². The topological polar surface area (TPSA) is 115 Å². The number of methoxy groups -OCH3 is 2. The molecule has 9 nitrogen and oxygen atoms in total. The lowest BCUT2D eigenvalue weighted by molar-refractivity contribution is -0.159. The third kappa shape index (κ3) is 7.71. The number of morpholine rings is 1. The van der Waals surface area contributed by atoms with Crippen LogP contribution in [0, 0.1) is 0 Å². The smallest absolute Gasteiger partial charge is 0.414 e. The van der Waals surface area contributed by atoms with Gasteiger partial charge in [-0.15, -0.1) is 0 Å². The first kappa shape index (κ1) is 22.5. The van der Waals surface area contributed by atoms with Crippen LogP contribution in [0.4, 0.5) is 0 Å². The van der Waals surface area contributed by atoms with Gasteiger partial charge < -0.3 is 29.2 Å². The molecule has 0 saturated carbocycles. The number of carboxylic acid groups (broad SMARTS) is 2. The highest BCUT2D eigenvalue weighted by Gasteiger charge is 2.22. The number of benzene rings is 1. The van der Waals surface area contributed by atoms with E-state index < -0.39 is 11.9 Å². The third-order valence-electron chi connectivity index (χ3n) is 3.71. The molecule has 9 heteroatoms. The average molecular weight is 385 g/mol. The molecule has 2 unspecified atom stereocenters. The van der Waals surface area contributed by atoms with Gasteiger partial charge in [0, 0.05) is 19.6 Å². The minimum absolute atomic E-state index is 0.273. The van der Waals surface area contributed by atoms with Gasteiger partial charge in [0.05, 0.1) is 26.4 Å². The van der Waals surface area contributed by atoms with E-state index in [1.807, 2.05) is 18.2 Å². The summed E-state index contributed by atoms with van der Waals surface area (Å²) in [6.07, 6.45) is 0.545. The Morgan fingerprint density at radius 1 is 1.07 bits per heavy atom. The van der Waals surface area contributed by atoms with Crippen molar-refractivity contribution >= 4 is 11.9 Å². The molecule has 27 heavy (non-hydrogen) atoms. The van der Waals surface area contributed by atoms with Crippen molar-refractivity contribution in [1.82, 2.24) is 4.90 Å². The molecule has 1 fully saturated rings. The second-order valence-corrected chi connectivity index (χ2v) is 5.97. The maximum absolute atomic E-state index is 9.10. The third-order valence-corrected chi connectivity index (χ3v) is 3.71. The van der Waals surface area contributed by atoms with E-state index in [0.29, 0.717) is 23.9 Å². The first-order chi connectivity index (χ1) is 12.8. The van der Waals surface area contributed by atoms with Crippen LogP contribution in [-0.4, -0.2) is 79.7 Å². The summed E-state index contributed by atoms with van der Waals surface area (Å²) in [6, 6.07) is 5.63. The molecule has 1 aromatic carbocycles. The Bertz CT molecular complexity index is 577. The lowest BCUT2D eigenvalue weighted by Crippen LogP contribution is -2.46. The van der Waals surface area contributed by atoms with Crippen LogP contribution in [0.3, 0.4) is 0 Å². The van der Waals surface area contributed by atoms with E-state index in [1.165, 1.54) is 0 Å². The van der Waals surface area contributed by atoms with Crippen LogP contribution in [0.2, 0.25) is 0 Å². The number of hydrogen-bond acceptors (Lipinski definition) is 7. The zero-order chi connectivity index (χ0) is 20.4. The standard InChI is InChI=1S/C16H25NO4.C2H2O4/c1-12-10-17(11-13(2)21-12)8-9-20-16-14(18-3)6-5-7-15(16)19-4;3-1(4)2(5)6/h5-7,12-13H,8-11H2,1-4H3;(H,3,4)(H,5,6). The maximum atomic E-state index is 9.10. The van der Waals surface area contributed by atoms with Gasteiger partial charge in [-0.2, -0.15) is 0 Å². The maximum Gasteiger partial charge on any atom is 0.414 e. The molecule has 0 aliphatic carbocycles. The first-order valence-corrected chi connectivity index (χ1v) is 8.46. The van der Waals surface area contributed by atoms with Gasteiger partial charge in [-0.05, 0) is 26.0 Å². The van der Waals surface area contributed by atoms with Crippen molar-refractivity contribution in [3.05, 3.63) is 18.2 Å². The fourth-order valence-electron chi connectivity index (χ4n) is 2.70. The van der Waals surface area contributed by atoms with Crippen LogP contribution >= 0.6 is 0 Å². The Morgan fingerprint density at radius 2 is 1.56 bits per heavy atom. The minimum Gasteiger partial charge on any atom is -0.493 e. The van der Waals surface area contributed by atoms with Gasteiger partial charge in [0.2, 0.25) is 5.75 Å². The molecule has 1 saturated heterocycles. The van der Waals surface area contributed by atoms with Gasteiger partial charge in [-0.1, -0.05) is 6.07 Å². The van der Waals surface area contributed by atoms with Crippen molar-refractivity contribution < 1.29 is 38.7 Å². The van der Waals surface area contributed by atoms with Gasteiger partial charge in [0.1, 0.15) is 6.61 Å².